The van der Waals surface area contributed by atoms with Crippen LogP contribution in [0.4, 0.5) is 0 Å². The van der Waals surface area contributed by atoms with Crippen LogP contribution in [0.15, 0.2) is 0 Å². The molecule has 39 heavy (non-hydrogen) atoms. The highest BCUT2D eigenvalue weighted by Gasteiger charge is 2.13. The van der Waals surface area contributed by atoms with E-state index in [2.05, 4.69) is 19.6 Å². The van der Waals surface area contributed by atoms with Crippen molar-refractivity contribution in [2.45, 2.75) is 45.3 Å². The molecule has 0 bridgehead atoms. The fourth-order valence-electron chi connectivity index (χ4n) is 2.92. The summed E-state index contributed by atoms with van der Waals surface area (Å²) in [6.07, 6.45) is 4.52. The van der Waals surface area contributed by atoms with Crippen molar-refractivity contribution in [3.05, 3.63) is 0 Å². The molecule has 12 heteroatoms. The van der Waals surface area contributed by atoms with Crippen molar-refractivity contribution in [3.8, 4) is 0 Å². The van der Waals surface area contributed by atoms with E-state index < -0.39 is 8.32 Å². The molecule has 0 aromatic rings. The summed E-state index contributed by atoms with van der Waals surface area (Å²) in [7, 11) is -1.44. The average Bonchev–Trinajstić information content (AvgIpc) is 2.90. The molecule has 10 nitrogen and oxygen atoms in total. The van der Waals surface area contributed by atoms with Crippen LogP contribution in [0, 0.1) is 0 Å². The predicted molar refractivity (Wildman–Crippen MR) is 156 cm³/mol. The van der Waals surface area contributed by atoms with Crippen molar-refractivity contribution in [2.75, 3.05) is 131 Å². The maximum absolute atomic E-state index is 5.71. The summed E-state index contributed by atoms with van der Waals surface area (Å²) in [6.45, 7) is 17.3. The van der Waals surface area contributed by atoms with Crippen LogP contribution in [0.25, 0.3) is 0 Å². The molecule has 0 aromatic heterocycles. The van der Waals surface area contributed by atoms with E-state index >= 15 is 0 Å². The second-order valence-corrected chi connectivity index (χ2v) is 14.5. The smallest absolute Gasteiger partial charge is 0.183 e. The van der Waals surface area contributed by atoms with E-state index in [9.17, 15) is 0 Å². The number of alkyl halides is 1. The molecule has 0 amide bonds. The van der Waals surface area contributed by atoms with Crippen molar-refractivity contribution in [1.82, 2.24) is 0 Å². The lowest BCUT2D eigenvalue weighted by atomic mass is 10.2. The summed E-state index contributed by atoms with van der Waals surface area (Å²) in [5, 5.41) is 0. The van der Waals surface area contributed by atoms with E-state index in [1.807, 2.05) is 0 Å². The van der Waals surface area contributed by atoms with Gasteiger partial charge in [-0.15, -0.1) is 11.6 Å². The molecule has 0 unspecified atom stereocenters. The highest BCUT2D eigenvalue weighted by atomic mass is 35.5. The van der Waals surface area contributed by atoms with Crippen LogP contribution in [-0.4, -0.2) is 140 Å². The van der Waals surface area contributed by atoms with E-state index in [4.69, 9.17) is 58.7 Å². The average molecular weight is 605 g/mol. The first-order valence-corrected chi connectivity index (χ1v) is 18.4. The topological polar surface area (TPSA) is 92.3 Å². The van der Waals surface area contributed by atoms with Gasteiger partial charge in [-0.25, -0.2) is 0 Å². The van der Waals surface area contributed by atoms with Gasteiger partial charge in [0.2, 0.25) is 0 Å². The number of rotatable bonds is 34. The van der Waals surface area contributed by atoms with Gasteiger partial charge in [-0.1, -0.05) is 12.8 Å². The summed E-state index contributed by atoms with van der Waals surface area (Å²) in [5.74, 6) is 0.747. The zero-order valence-electron chi connectivity index (χ0n) is 24.9. The van der Waals surface area contributed by atoms with Crippen LogP contribution in [0.2, 0.25) is 19.6 Å². The lowest BCUT2D eigenvalue weighted by Crippen LogP contribution is -2.27. The Bertz CT molecular complexity index is 461. The standard InChI is InChI=1S/C27H57ClO10Si/c1-39(2,3)38-27-26-37-25-24-36-23-22-35-21-20-34-19-18-33-17-16-32-15-14-31-13-12-30-11-10-29-9-7-5-4-6-8-28/h4-27H2,1-3H3. The highest BCUT2D eigenvalue weighted by Crippen LogP contribution is 2.02. The third kappa shape index (κ3) is 38.1. The Labute approximate surface area is 243 Å². The van der Waals surface area contributed by atoms with Crippen LogP contribution in [0.3, 0.4) is 0 Å². The quantitative estimate of drug-likeness (QED) is 0.0614. The summed E-state index contributed by atoms with van der Waals surface area (Å²) in [5.41, 5.74) is 0. The lowest BCUT2D eigenvalue weighted by Gasteiger charge is -2.16. The largest absolute Gasteiger partial charge is 0.415 e. The summed E-state index contributed by atoms with van der Waals surface area (Å²) in [6, 6.07) is 0. The number of hydrogen-bond acceptors (Lipinski definition) is 10. The van der Waals surface area contributed by atoms with E-state index in [-0.39, 0.29) is 0 Å². The zero-order chi connectivity index (χ0) is 28.5. The third-order valence-electron chi connectivity index (χ3n) is 4.91. The SMILES string of the molecule is C[Si](C)(C)OCCOCCOCCOCCOCCOCCOCCOCCOCCOCCCCCCCl. The Hall–Kier alpha value is 0.107. The molecule has 0 spiro atoms. The molecule has 0 fully saturated rings. The van der Waals surface area contributed by atoms with Gasteiger partial charge in [0, 0.05) is 12.5 Å². The predicted octanol–water partition coefficient (Wildman–Crippen LogP) is 3.79. The van der Waals surface area contributed by atoms with Crippen LogP contribution < -0.4 is 0 Å². The van der Waals surface area contributed by atoms with Crippen molar-refractivity contribution < 1.29 is 47.1 Å². The van der Waals surface area contributed by atoms with Crippen molar-refractivity contribution in [1.29, 1.82) is 0 Å². The Morgan fingerprint density at radius 3 is 0.872 bits per heavy atom. The first-order valence-electron chi connectivity index (χ1n) is 14.5. The molecule has 0 saturated carbocycles. The molecule has 236 valence electrons. The monoisotopic (exact) mass is 604 g/mol. The van der Waals surface area contributed by atoms with Crippen molar-refractivity contribution >= 4 is 19.9 Å². The molecular weight excluding hydrogens is 548 g/mol. The zero-order valence-corrected chi connectivity index (χ0v) is 26.7. The van der Waals surface area contributed by atoms with Gasteiger partial charge in [0.25, 0.3) is 0 Å². The first kappa shape index (κ1) is 39.1. The van der Waals surface area contributed by atoms with E-state index in [0.29, 0.717) is 119 Å². The van der Waals surface area contributed by atoms with Crippen LogP contribution >= 0.6 is 11.6 Å². The van der Waals surface area contributed by atoms with Gasteiger partial charge in [0.1, 0.15) is 0 Å². The third-order valence-corrected chi connectivity index (χ3v) is 6.25. The van der Waals surface area contributed by atoms with Crippen LogP contribution in [0.5, 0.6) is 0 Å². The fourth-order valence-corrected chi connectivity index (χ4v) is 3.81. The molecule has 0 N–H and O–H groups in total. The maximum Gasteiger partial charge on any atom is 0.183 e. The Morgan fingerprint density at radius 2 is 0.590 bits per heavy atom. The lowest BCUT2D eigenvalue weighted by molar-refractivity contribution is -0.0254. The second-order valence-electron chi connectivity index (χ2n) is 9.58. The minimum absolute atomic E-state index is 0.529. The minimum atomic E-state index is -1.44. The Kier molecular flexibility index (Phi) is 32.7. The van der Waals surface area contributed by atoms with Gasteiger partial charge < -0.3 is 47.1 Å². The number of ether oxygens (including phenoxy) is 9. The molecule has 0 aliphatic carbocycles. The molecule has 0 aliphatic heterocycles. The second kappa shape index (κ2) is 32.6. The van der Waals surface area contributed by atoms with Gasteiger partial charge in [-0.2, -0.15) is 0 Å². The van der Waals surface area contributed by atoms with E-state index in [1.54, 1.807) is 0 Å². The minimum Gasteiger partial charge on any atom is -0.415 e. The van der Waals surface area contributed by atoms with E-state index in [1.165, 1.54) is 12.8 Å². The first-order chi connectivity index (χ1) is 19.1. The molecule has 0 atom stereocenters. The van der Waals surface area contributed by atoms with Gasteiger partial charge in [-0.3, -0.25) is 0 Å². The molecule has 0 saturated heterocycles. The summed E-state index contributed by atoms with van der Waals surface area (Å²) >= 11 is 5.65. The number of hydrogen-bond donors (Lipinski definition) is 0. The highest BCUT2D eigenvalue weighted by molar-refractivity contribution is 6.69. The van der Waals surface area contributed by atoms with Crippen LogP contribution in [0.1, 0.15) is 25.7 Å². The molecular formula is C27H57ClO10Si. The van der Waals surface area contributed by atoms with Crippen molar-refractivity contribution in [2.24, 2.45) is 0 Å². The molecule has 0 radical (unpaired) electrons. The number of halogens is 1. The number of unbranched alkanes of at least 4 members (excludes halogenated alkanes) is 3. The molecule has 0 rings (SSSR count). The normalized spacial score (nSPS) is 12.0. The Balaban J connectivity index is 3.04. The fraction of sp³-hybridized carbons (Fsp3) is 1.00. The van der Waals surface area contributed by atoms with E-state index in [0.717, 1.165) is 25.3 Å². The van der Waals surface area contributed by atoms with Gasteiger partial charge in [0.15, 0.2) is 8.32 Å². The summed E-state index contributed by atoms with van der Waals surface area (Å²) in [4.78, 5) is 0. The van der Waals surface area contributed by atoms with Gasteiger partial charge >= 0.3 is 0 Å². The Morgan fingerprint density at radius 1 is 0.333 bits per heavy atom. The maximum atomic E-state index is 5.71. The molecule has 0 heterocycles. The molecule has 0 aliphatic rings. The van der Waals surface area contributed by atoms with Crippen molar-refractivity contribution in [3.63, 3.8) is 0 Å². The van der Waals surface area contributed by atoms with Gasteiger partial charge in [0.05, 0.1) is 119 Å². The van der Waals surface area contributed by atoms with Gasteiger partial charge in [-0.05, 0) is 32.5 Å². The molecule has 0 aromatic carbocycles. The summed E-state index contributed by atoms with van der Waals surface area (Å²) < 4.78 is 55.0. The van der Waals surface area contributed by atoms with Crippen LogP contribution in [-0.2, 0) is 47.1 Å².